The van der Waals surface area contributed by atoms with Crippen molar-refractivity contribution in [3.05, 3.63) is 72.9 Å². The average Bonchev–Trinajstić information content (AvgIpc) is 3.26. The smallest absolute Gasteiger partial charge is 0.306 e. The third kappa shape index (κ3) is 44.0. The Hall–Kier alpha value is -3.23. The zero-order valence-electron chi connectivity index (χ0n) is 41.9. The van der Waals surface area contributed by atoms with E-state index >= 15 is 0 Å². The Kier molecular flexibility index (Phi) is 44.0. The van der Waals surface area contributed by atoms with Gasteiger partial charge in [-0.2, -0.15) is 0 Å². The number of quaternary nitrogens is 1. The molecule has 2 atom stereocenters. The van der Waals surface area contributed by atoms with Crippen LogP contribution >= 0.6 is 0 Å². The lowest BCUT2D eigenvalue weighted by Gasteiger charge is -2.34. The highest BCUT2D eigenvalue weighted by Crippen LogP contribution is 2.14. The van der Waals surface area contributed by atoms with Crippen LogP contribution in [0.4, 0.5) is 0 Å². The molecule has 0 amide bonds. The number of unbranched alkanes of at least 4 members (excludes halogenated alkanes) is 23. The van der Waals surface area contributed by atoms with Gasteiger partial charge in [-0.15, -0.1) is 0 Å². The highest BCUT2D eigenvalue weighted by Gasteiger charge is 2.25. The zero-order chi connectivity index (χ0) is 47.0. The van der Waals surface area contributed by atoms with E-state index in [1.54, 1.807) is 21.1 Å². The van der Waals surface area contributed by atoms with Gasteiger partial charge >= 0.3 is 11.9 Å². The molecule has 8 heteroatoms. The number of esters is 2. The second kappa shape index (κ2) is 46.3. The lowest BCUT2D eigenvalue weighted by molar-refractivity contribution is -0.889. The standard InChI is InChI=1S/C56H97NO7/c1-6-8-10-12-14-16-18-20-22-24-26-27-28-29-31-32-34-36-38-40-42-44-46-54(58)63-51-52(50-62-49-48-53(56(60)61)57(3,4)5)64-55(59)47-45-43-41-39-37-35-33-30-25-23-21-19-17-15-13-11-9-7-2/h15,17,19,21,23-26,28-30,33,52-53H,6-14,16,18,20,22,27,31-32,34-51H2,1-5H3/b17-15+,21-19+,25-23+,26-24+,29-28+,33-30+. The summed E-state index contributed by atoms with van der Waals surface area (Å²) in [7, 11) is 5.40. The van der Waals surface area contributed by atoms with Crippen LogP contribution in [0.15, 0.2) is 72.9 Å². The maximum atomic E-state index is 12.8. The maximum Gasteiger partial charge on any atom is 0.306 e. The van der Waals surface area contributed by atoms with Crippen LogP contribution in [0.3, 0.4) is 0 Å². The Morgan fingerprint density at radius 3 is 1.38 bits per heavy atom. The summed E-state index contributed by atoms with van der Waals surface area (Å²) in [6, 6.07) is -0.736. The molecule has 0 aromatic heterocycles. The molecule has 0 aliphatic carbocycles. The molecular formula is C56H97NO7. The van der Waals surface area contributed by atoms with Gasteiger partial charge in [0.25, 0.3) is 0 Å². The van der Waals surface area contributed by atoms with E-state index in [0.717, 1.165) is 77.0 Å². The predicted molar refractivity (Wildman–Crippen MR) is 268 cm³/mol. The number of hydrogen-bond donors (Lipinski definition) is 0. The summed E-state index contributed by atoms with van der Waals surface area (Å²) in [6.07, 6.45) is 59.3. The van der Waals surface area contributed by atoms with E-state index in [9.17, 15) is 19.5 Å². The number of carboxylic acids is 1. The molecule has 0 aromatic rings. The molecule has 0 fully saturated rings. The molecule has 0 aliphatic rings. The molecule has 0 bridgehead atoms. The minimum atomic E-state index is -1.13. The van der Waals surface area contributed by atoms with Crippen molar-refractivity contribution in [2.75, 3.05) is 41.0 Å². The Labute approximate surface area is 393 Å². The molecule has 0 aromatic carbocycles. The number of ether oxygens (including phenoxy) is 3. The van der Waals surface area contributed by atoms with E-state index in [-0.39, 0.29) is 42.7 Å². The lowest BCUT2D eigenvalue weighted by Crippen LogP contribution is -2.55. The normalized spacial score (nSPS) is 13.5. The molecule has 0 heterocycles. The Balaban J connectivity index is 4.31. The second-order valence-corrected chi connectivity index (χ2v) is 18.5. The number of carboxylic acid groups (broad SMARTS) is 1. The van der Waals surface area contributed by atoms with Crippen molar-refractivity contribution in [3.8, 4) is 0 Å². The van der Waals surface area contributed by atoms with Crippen LogP contribution in [-0.2, 0) is 28.6 Å². The summed E-state index contributed by atoms with van der Waals surface area (Å²) < 4.78 is 17.2. The highest BCUT2D eigenvalue weighted by molar-refractivity contribution is 5.70. The minimum Gasteiger partial charge on any atom is -0.544 e. The molecule has 0 aliphatic heterocycles. The third-order valence-electron chi connectivity index (χ3n) is 11.4. The van der Waals surface area contributed by atoms with Gasteiger partial charge in [-0.3, -0.25) is 9.59 Å². The van der Waals surface area contributed by atoms with E-state index in [1.807, 2.05) is 6.08 Å². The fourth-order valence-electron chi connectivity index (χ4n) is 7.35. The number of nitrogens with zero attached hydrogens (tertiary/aromatic N) is 1. The van der Waals surface area contributed by atoms with E-state index in [4.69, 9.17) is 14.2 Å². The lowest BCUT2D eigenvalue weighted by atomic mass is 10.1. The first-order chi connectivity index (χ1) is 31.1. The van der Waals surface area contributed by atoms with Crippen molar-refractivity contribution in [2.45, 2.75) is 225 Å². The first kappa shape index (κ1) is 60.8. The van der Waals surface area contributed by atoms with Crippen LogP contribution in [0.25, 0.3) is 0 Å². The Morgan fingerprint density at radius 1 is 0.484 bits per heavy atom. The van der Waals surface area contributed by atoms with Gasteiger partial charge in [0, 0.05) is 19.3 Å². The quantitative estimate of drug-likeness (QED) is 0.0197. The maximum absolute atomic E-state index is 12.8. The van der Waals surface area contributed by atoms with Crippen LogP contribution in [0, 0.1) is 0 Å². The summed E-state index contributed by atoms with van der Waals surface area (Å²) in [5.41, 5.74) is 0. The van der Waals surface area contributed by atoms with E-state index in [2.05, 4.69) is 80.7 Å². The van der Waals surface area contributed by atoms with Crippen molar-refractivity contribution >= 4 is 17.9 Å². The van der Waals surface area contributed by atoms with Gasteiger partial charge in [-0.05, 0) is 70.6 Å². The van der Waals surface area contributed by atoms with Crippen molar-refractivity contribution in [2.24, 2.45) is 0 Å². The second-order valence-electron chi connectivity index (χ2n) is 18.5. The minimum absolute atomic E-state index is 0.0251. The van der Waals surface area contributed by atoms with Crippen LogP contribution in [0.1, 0.15) is 213 Å². The first-order valence-corrected chi connectivity index (χ1v) is 26.0. The SMILES string of the molecule is CCCCC/C=C/C=C/C=C/C=C/CCCCCCCC(=O)OC(COCCC(C(=O)[O-])[N+](C)(C)C)COC(=O)CCCCCCCCC/C=C/C/C=C/CCCCCCCCCC. The topological polar surface area (TPSA) is 102 Å². The largest absolute Gasteiger partial charge is 0.544 e. The molecule has 64 heavy (non-hydrogen) atoms. The molecule has 8 nitrogen and oxygen atoms in total. The number of carbonyl (C=O) groups excluding carboxylic acids is 3. The van der Waals surface area contributed by atoms with Crippen molar-refractivity contribution in [1.29, 1.82) is 0 Å². The molecule has 0 N–H and O–H groups in total. The van der Waals surface area contributed by atoms with Gasteiger partial charge in [-0.1, -0.05) is 196 Å². The van der Waals surface area contributed by atoms with Crippen LogP contribution in [0.2, 0.25) is 0 Å². The van der Waals surface area contributed by atoms with Gasteiger partial charge < -0.3 is 28.6 Å². The van der Waals surface area contributed by atoms with Crippen LogP contribution in [-0.4, -0.2) is 75.5 Å². The number of carbonyl (C=O) groups is 3. The number of allylic oxidation sites excluding steroid dienone is 12. The summed E-state index contributed by atoms with van der Waals surface area (Å²) in [5, 5.41) is 11.7. The molecular weight excluding hydrogens is 799 g/mol. The average molecular weight is 896 g/mol. The fourth-order valence-corrected chi connectivity index (χ4v) is 7.35. The number of likely N-dealkylation sites (N-methyl/N-ethyl adjacent to an activating group) is 1. The summed E-state index contributed by atoms with van der Waals surface area (Å²) in [6.45, 7) is 4.60. The van der Waals surface area contributed by atoms with Crippen molar-refractivity contribution < 1.29 is 38.2 Å². The van der Waals surface area contributed by atoms with Crippen LogP contribution in [0.5, 0.6) is 0 Å². The Bertz CT molecular complexity index is 1270. The molecule has 0 saturated carbocycles. The van der Waals surface area contributed by atoms with Crippen LogP contribution < -0.4 is 5.11 Å². The third-order valence-corrected chi connectivity index (χ3v) is 11.4. The molecule has 368 valence electrons. The van der Waals surface area contributed by atoms with Gasteiger partial charge in [0.15, 0.2) is 6.10 Å². The predicted octanol–water partition coefficient (Wildman–Crippen LogP) is 13.8. The summed E-state index contributed by atoms with van der Waals surface area (Å²) in [4.78, 5) is 37.0. The molecule has 0 rings (SSSR count). The Morgan fingerprint density at radius 2 is 0.891 bits per heavy atom. The molecule has 0 saturated heterocycles. The van der Waals surface area contributed by atoms with Crippen molar-refractivity contribution in [1.82, 2.24) is 0 Å². The number of rotatable bonds is 46. The number of hydrogen-bond acceptors (Lipinski definition) is 7. The van der Waals surface area contributed by atoms with E-state index < -0.39 is 18.1 Å². The van der Waals surface area contributed by atoms with Gasteiger partial charge in [0.1, 0.15) is 12.6 Å². The summed E-state index contributed by atoms with van der Waals surface area (Å²) >= 11 is 0. The van der Waals surface area contributed by atoms with E-state index in [0.29, 0.717) is 12.8 Å². The van der Waals surface area contributed by atoms with Gasteiger partial charge in [0.05, 0.1) is 40.3 Å². The molecule has 0 spiro atoms. The first-order valence-electron chi connectivity index (χ1n) is 26.0. The van der Waals surface area contributed by atoms with E-state index in [1.165, 1.54) is 103 Å². The summed E-state index contributed by atoms with van der Waals surface area (Å²) in [5.74, 6) is -1.78. The van der Waals surface area contributed by atoms with Crippen molar-refractivity contribution in [3.63, 3.8) is 0 Å². The molecule has 2 unspecified atom stereocenters. The molecule has 0 radical (unpaired) electrons. The zero-order valence-corrected chi connectivity index (χ0v) is 41.9. The van der Waals surface area contributed by atoms with Gasteiger partial charge in [0.2, 0.25) is 0 Å². The van der Waals surface area contributed by atoms with Gasteiger partial charge in [-0.25, -0.2) is 0 Å². The monoisotopic (exact) mass is 896 g/mol. The highest BCUT2D eigenvalue weighted by atomic mass is 16.6. The number of aliphatic carboxylic acids is 1. The fraction of sp³-hybridized carbons (Fsp3) is 0.732.